The standard InChI is InChI=1S/C12H22ClN3O/c1-4-10-12(13)11(16(5-2)15-10)8-14-7-6-9(3)17/h9,14,17H,4-8H2,1-3H3. The lowest BCUT2D eigenvalue weighted by Crippen LogP contribution is -2.20. The van der Waals surface area contributed by atoms with Crippen molar-refractivity contribution in [2.75, 3.05) is 6.54 Å². The molecule has 0 bridgehead atoms. The molecule has 0 amide bonds. The van der Waals surface area contributed by atoms with E-state index < -0.39 is 0 Å². The zero-order valence-corrected chi connectivity index (χ0v) is 11.6. The van der Waals surface area contributed by atoms with Gasteiger partial charge in [-0.15, -0.1) is 0 Å². The van der Waals surface area contributed by atoms with Gasteiger partial charge in [-0.1, -0.05) is 18.5 Å². The fourth-order valence-electron chi connectivity index (χ4n) is 1.70. The number of nitrogens with zero attached hydrogens (tertiary/aromatic N) is 2. The molecule has 0 saturated heterocycles. The molecule has 0 aromatic carbocycles. The molecule has 4 nitrogen and oxygen atoms in total. The van der Waals surface area contributed by atoms with Crippen molar-refractivity contribution in [1.82, 2.24) is 15.1 Å². The predicted molar refractivity (Wildman–Crippen MR) is 70.3 cm³/mol. The van der Waals surface area contributed by atoms with E-state index in [1.165, 1.54) is 0 Å². The quantitative estimate of drug-likeness (QED) is 0.737. The summed E-state index contributed by atoms with van der Waals surface area (Å²) >= 11 is 6.28. The summed E-state index contributed by atoms with van der Waals surface area (Å²) in [6.45, 7) is 8.21. The van der Waals surface area contributed by atoms with Crippen LogP contribution in [0.15, 0.2) is 0 Å². The Labute approximate surface area is 108 Å². The number of halogens is 1. The van der Waals surface area contributed by atoms with Gasteiger partial charge in [-0.25, -0.2) is 0 Å². The van der Waals surface area contributed by atoms with Gasteiger partial charge in [0, 0.05) is 13.1 Å². The molecule has 1 aromatic heterocycles. The fraction of sp³-hybridized carbons (Fsp3) is 0.750. The van der Waals surface area contributed by atoms with Crippen LogP contribution in [0.3, 0.4) is 0 Å². The Morgan fingerprint density at radius 2 is 2.18 bits per heavy atom. The highest BCUT2D eigenvalue weighted by Crippen LogP contribution is 2.21. The maximum Gasteiger partial charge on any atom is 0.0863 e. The summed E-state index contributed by atoms with van der Waals surface area (Å²) in [5.41, 5.74) is 2.00. The van der Waals surface area contributed by atoms with E-state index in [2.05, 4.69) is 24.3 Å². The molecule has 0 aliphatic carbocycles. The number of hydrogen-bond donors (Lipinski definition) is 2. The molecule has 0 radical (unpaired) electrons. The monoisotopic (exact) mass is 259 g/mol. The average molecular weight is 260 g/mol. The Hall–Kier alpha value is -0.580. The van der Waals surface area contributed by atoms with Crippen molar-refractivity contribution in [3.05, 3.63) is 16.4 Å². The van der Waals surface area contributed by atoms with Crippen LogP contribution in [0.25, 0.3) is 0 Å². The van der Waals surface area contributed by atoms with Gasteiger partial charge in [-0.3, -0.25) is 4.68 Å². The SMILES string of the molecule is CCc1nn(CC)c(CNCCC(C)O)c1Cl. The Morgan fingerprint density at radius 1 is 1.47 bits per heavy atom. The number of hydrogen-bond acceptors (Lipinski definition) is 3. The van der Waals surface area contributed by atoms with E-state index in [0.29, 0.717) is 6.54 Å². The Kier molecular flexibility index (Phi) is 5.95. The third kappa shape index (κ3) is 3.98. The van der Waals surface area contributed by atoms with Crippen molar-refractivity contribution in [3.8, 4) is 0 Å². The van der Waals surface area contributed by atoms with Crippen molar-refractivity contribution in [2.45, 2.75) is 52.8 Å². The number of aryl methyl sites for hydroxylation is 2. The number of aliphatic hydroxyl groups is 1. The van der Waals surface area contributed by atoms with E-state index in [-0.39, 0.29) is 6.10 Å². The predicted octanol–water partition coefficient (Wildman–Crippen LogP) is 1.98. The summed E-state index contributed by atoms with van der Waals surface area (Å²) in [5.74, 6) is 0. The van der Waals surface area contributed by atoms with Gasteiger partial charge in [0.2, 0.25) is 0 Å². The highest BCUT2D eigenvalue weighted by atomic mass is 35.5. The van der Waals surface area contributed by atoms with Gasteiger partial charge >= 0.3 is 0 Å². The summed E-state index contributed by atoms with van der Waals surface area (Å²) in [4.78, 5) is 0. The van der Waals surface area contributed by atoms with Gasteiger partial charge in [-0.05, 0) is 33.2 Å². The van der Waals surface area contributed by atoms with Crippen molar-refractivity contribution >= 4 is 11.6 Å². The molecule has 2 N–H and O–H groups in total. The van der Waals surface area contributed by atoms with Gasteiger partial charge in [0.15, 0.2) is 0 Å². The minimum atomic E-state index is -0.264. The molecule has 5 heteroatoms. The van der Waals surface area contributed by atoms with Crippen LogP contribution in [0.5, 0.6) is 0 Å². The summed E-state index contributed by atoms with van der Waals surface area (Å²) in [5, 5.41) is 17.7. The second-order valence-corrected chi connectivity index (χ2v) is 4.57. The largest absolute Gasteiger partial charge is 0.393 e. The van der Waals surface area contributed by atoms with Crippen molar-refractivity contribution in [2.24, 2.45) is 0 Å². The number of nitrogens with one attached hydrogen (secondary N) is 1. The first kappa shape index (κ1) is 14.5. The Bertz CT molecular complexity index is 350. The maximum absolute atomic E-state index is 9.16. The third-order valence-electron chi connectivity index (χ3n) is 2.73. The molecule has 98 valence electrons. The summed E-state index contributed by atoms with van der Waals surface area (Å²) in [6, 6.07) is 0. The van der Waals surface area contributed by atoms with Crippen LogP contribution in [-0.4, -0.2) is 27.5 Å². The van der Waals surface area contributed by atoms with E-state index in [1.807, 2.05) is 4.68 Å². The molecular formula is C12H22ClN3O. The first-order chi connectivity index (χ1) is 8.10. The second-order valence-electron chi connectivity index (χ2n) is 4.19. The van der Waals surface area contributed by atoms with E-state index >= 15 is 0 Å². The molecule has 1 atom stereocenters. The number of aliphatic hydroxyl groups excluding tert-OH is 1. The average Bonchev–Trinajstić information content (AvgIpc) is 2.61. The van der Waals surface area contributed by atoms with Crippen LogP contribution in [0.1, 0.15) is 38.6 Å². The minimum Gasteiger partial charge on any atom is -0.393 e. The molecule has 1 rings (SSSR count). The van der Waals surface area contributed by atoms with Gasteiger partial charge < -0.3 is 10.4 Å². The zero-order chi connectivity index (χ0) is 12.8. The lowest BCUT2D eigenvalue weighted by molar-refractivity contribution is 0.183. The van der Waals surface area contributed by atoms with Crippen molar-refractivity contribution < 1.29 is 5.11 Å². The van der Waals surface area contributed by atoms with Gasteiger partial charge in [0.25, 0.3) is 0 Å². The van der Waals surface area contributed by atoms with E-state index in [4.69, 9.17) is 16.7 Å². The molecule has 0 saturated carbocycles. The molecule has 0 aliphatic rings. The molecule has 1 aromatic rings. The normalized spacial score (nSPS) is 13.0. The van der Waals surface area contributed by atoms with Crippen LogP contribution in [0.4, 0.5) is 0 Å². The second kappa shape index (κ2) is 6.99. The highest BCUT2D eigenvalue weighted by Gasteiger charge is 2.13. The first-order valence-electron chi connectivity index (χ1n) is 6.22. The molecule has 0 aliphatic heterocycles. The van der Waals surface area contributed by atoms with Crippen LogP contribution >= 0.6 is 11.6 Å². The zero-order valence-electron chi connectivity index (χ0n) is 10.8. The van der Waals surface area contributed by atoms with E-state index in [9.17, 15) is 0 Å². The van der Waals surface area contributed by atoms with Crippen molar-refractivity contribution in [3.63, 3.8) is 0 Å². The summed E-state index contributed by atoms with van der Waals surface area (Å²) in [7, 11) is 0. The summed E-state index contributed by atoms with van der Waals surface area (Å²) in [6.07, 6.45) is 1.34. The third-order valence-corrected chi connectivity index (χ3v) is 3.16. The number of aromatic nitrogens is 2. The van der Waals surface area contributed by atoms with Gasteiger partial charge in [0.05, 0.1) is 22.5 Å². The molecule has 1 heterocycles. The smallest absolute Gasteiger partial charge is 0.0863 e. The lowest BCUT2D eigenvalue weighted by atomic mass is 10.2. The van der Waals surface area contributed by atoms with E-state index in [1.54, 1.807) is 6.92 Å². The topological polar surface area (TPSA) is 50.1 Å². The van der Waals surface area contributed by atoms with Crippen LogP contribution in [-0.2, 0) is 19.5 Å². The first-order valence-corrected chi connectivity index (χ1v) is 6.60. The summed E-state index contributed by atoms with van der Waals surface area (Å²) < 4.78 is 1.94. The lowest BCUT2D eigenvalue weighted by Gasteiger charge is -2.08. The molecule has 17 heavy (non-hydrogen) atoms. The molecule has 0 spiro atoms. The van der Waals surface area contributed by atoms with E-state index in [0.717, 1.165) is 42.3 Å². The highest BCUT2D eigenvalue weighted by molar-refractivity contribution is 6.31. The minimum absolute atomic E-state index is 0.264. The van der Waals surface area contributed by atoms with Gasteiger partial charge in [0.1, 0.15) is 0 Å². The fourth-order valence-corrected chi connectivity index (χ4v) is 2.04. The van der Waals surface area contributed by atoms with Gasteiger partial charge in [-0.2, -0.15) is 5.10 Å². The van der Waals surface area contributed by atoms with Crippen LogP contribution < -0.4 is 5.32 Å². The Morgan fingerprint density at radius 3 is 2.71 bits per heavy atom. The molecular weight excluding hydrogens is 238 g/mol. The van der Waals surface area contributed by atoms with Crippen LogP contribution in [0.2, 0.25) is 5.02 Å². The Balaban J connectivity index is 2.59. The molecule has 1 unspecified atom stereocenters. The van der Waals surface area contributed by atoms with Crippen LogP contribution in [0, 0.1) is 0 Å². The maximum atomic E-state index is 9.16. The van der Waals surface area contributed by atoms with Crippen molar-refractivity contribution in [1.29, 1.82) is 0 Å². The number of rotatable bonds is 7. The molecule has 0 fully saturated rings.